The van der Waals surface area contributed by atoms with Crippen molar-refractivity contribution in [2.24, 2.45) is 5.92 Å². The Morgan fingerprint density at radius 1 is 1.39 bits per heavy atom. The molecule has 5 aliphatic rings. The average molecular weight is 310 g/mol. The van der Waals surface area contributed by atoms with E-state index in [1.165, 1.54) is 24.9 Å². The van der Waals surface area contributed by atoms with E-state index >= 15 is 0 Å². The number of phenols is 1. The fourth-order valence-electron chi connectivity index (χ4n) is 5.13. The van der Waals surface area contributed by atoms with E-state index in [4.69, 9.17) is 4.74 Å². The van der Waals surface area contributed by atoms with Crippen molar-refractivity contribution in [3.8, 4) is 5.75 Å². The molecule has 0 spiro atoms. The summed E-state index contributed by atoms with van der Waals surface area (Å²) in [5, 5.41) is 10.9. The van der Waals surface area contributed by atoms with E-state index in [2.05, 4.69) is 22.9 Å². The van der Waals surface area contributed by atoms with Crippen molar-refractivity contribution in [1.82, 2.24) is 9.88 Å². The molecule has 7 rings (SSSR count). The molecule has 0 amide bonds. The predicted octanol–water partition coefficient (Wildman–Crippen LogP) is 3.25. The number of fused-ring (bicyclic) bond motifs is 3. The third-order valence-electron chi connectivity index (χ3n) is 6.35. The molecule has 1 aromatic heterocycles. The normalized spacial score (nSPS) is 38.3. The number of ether oxygens (including phenoxy) is 1. The number of piperidine rings is 3. The summed E-state index contributed by atoms with van der Waals surface area (Å²) in [5.74, 6) is 1.00. The molecule has 5 atom stereocenters. The van der Waals surface area contributed by atoms with Gasteiger partial charge in [0.05, 0.1) is 17.2 Å². The van der Waals surface area contributed by atoms with E-state index in [1.54, 1.807) is 6.07 Å². The lowest BCUT2D eigenvalue weighted by Crippen LogP contribution is -2.70. The Balaban J connectivity index is 1.64. The molecule has 0 saturated carbocycles. The van der Waals surface area contributed by atoms with Gasteiger partial charge < -0.3 is 9.84 Å². The lowest BCUT2D eigenvalue weighted by Gasteiger charge is -2.64. The van der Waals surface area contributed by atoms with Gasteiger partial charge in [0, 0.05) is 24.2 Å². The fraction of sp³-hybridized carbons (Fsp3) is 0.526. The molecule has 23 heavy (non-hydrogen) atoms. The first-order valence-corrected chi connectivity index (χ1v) is 8.70. The van der Waals surface area contributed by atoms with Gasteiger partial charge >= 0.3 is 0 Å². The molecule has 1 aromatic carbocycles. The second-order valence-electron chi connectivity index (χ2n) is 7.32. The van der Waals surface area contributed by atoms with Gasteiger partial charge in [-0.2, -0.15) is 0 Å². The third-order valence-corrected chi connectivity index (χ3v) is 6.35. The molecule has 0 aliphatic carbocycles. The standard InChI is InChI=1S/C19H22N2O2/c1-2-19-11-21-8-6-12(19)9-17(21)18(23-19)14-5-7-20-16-4-3-13(22)10-15(14)16/h3-5,7,10,12,17-18,22H,2,6,8-9,11H2,1H3/t12?,17?,18-,19?/m0/s1. The first kappa shape index (κ1) is 13.8. The van der Waals surface area contributed by atoms with Crippen LogP contribution in [0.4, 0.5) is 0 Å². The van der Waals surface area contributed by atoms with Crippen LogP contribution in [0.1, 0.15) is 37.9 Å². The van der Waals surface area contributed by atoms with Gasteiger partial charge in [0.2, 0.25) is 0 Å². The van der Waals surface area contributed by atoms with E-state index in [0.29, 0.717) is 17.7 Å². The lowest BCUT2D eigenvalue weighted by atomic mass is 9.66. The van der Waals surface area contributed by atoms with Crippen LogP contribution in [0.2, 0.25) is 0 Å². The molecule has 4 heteroatoms. The fourth-order valence-corrected chi connectivity index (χ4v) is 5.13. The van der Waals surface area contributed by atoms with Crippen LogP contribution in [0.15, 0.2) is 30.5 Å². The first-order chi connectivity index (χ1) is 11.2. The van der Waals surface area contributed by atoms with Gasteiger partial charge in [-0.05, 0) is 61.6 Å². The van der Waals surface area contributed by atoms with Crippen molar-refractivity contribution in [2.75, 3.05) is 13.1 Å². The monoisotopic (exact) mass is 310 g/mol. The first-order valence-electron chi connectivity index (χ1n) is 8.70. The van der Waals surface area contributed by atoms with E-state index in [0.717, 1.165) is 23.9 Å². The number of phenolic OH excluding ortho intramolecular Hbond substituents is 1. The lowest BCUT2D eigenvalue weighted by molar-refractivity contribution is -0.274. The zero-order valence-corrected chi connectivity index (χ0v) is 13.4. The highest BCUT2D eigenvalue weighted by Crippen LogP contribution is 2.54. The van der Waals surface area contributed by atoms with Gasteiger partial charge in [-0.1, -0.05) is 6.92 Å². The molecule has 120 valence electrons. The molecule has 5 aliphatic heterocycles. The maximum absolute atomic E-state index is 9.91. The molecule has 1 N–H and O–H groups in total. The van der Waals surface area contributed by atoms with Crippen LogP contribution in [0, 0.1) is 5.92 Å². The molecule has 5 fully saturated rings. The molecule has 5 saturated heterocycles. The van der Waals surface area contributed by atoms with Gasteiger partial charge in [0.15, 0.2) is 0 Å². The van der Waals surface area contributed by atoms with E-state index in [1.807, 2.05) is 18.3 Å². The highest BCUT2D eigenvalue weighted by Gasteiger charge is 2.58. The van der Waals surface area contributed by atoms with Crippen molar-refractivity contribution in [2.45, 2.75) is 43.9 Å². The van der Waals surface area contributed by atoms with Gasteiger partial charge in [-0.3, -0.25) is 9.88 Å². The highest BCUT2D eigenvalue weighted by molar-refractivity contribution is 5.83. The molecule has 0 radical (unpaired) electrons. The zero-order chi connectivity index (χ0) is 15.6. The number of hydrogen-bond acceptors (Lipinski definition) is 4. The molecule has 4 nitrogen and oxygen atoms in total. The summed E-state index contributed by atoms with van der Waals surface area (Å²) in [6.07, 6.45) is 5.54. The SMILES string of the molecule is CCC12CN3CCC1CC3[C@H](c1ccnc3ccc(O)cc13)O2. The van der Waals surface area contributed by atoms with Crippen LogP contribution >= 0.6 is 0 Å². The van der Waals surface area contributed by atoms with Gasteiger partial charge in [0.25, 0.3) is 0 Å². The second-order valence-corrected chi connectivity index (χ2v) is 7.32. The topological polar surface area (TPSA) is 45.6 Å². The number of aromatic hydroxyl groups is 1. The number of rotatable bonds is 2. The number of hydrogen-bond donors (Lipinski definition) is 1. The van der Waals surface area contributed by atoms with E-state index in [-0.39, 0.29) is 11.7 Å². The minimum atomic E-state index is 0.0179. The van der Waals surface area contributed by atoms with E-state index < -0.39 is 0 Å². The average Bonchev–Trinajstić information content (AvgIpc) is 2.61. The Bertz CT molecular complexity index is 777. The van der Waals surface area contributed by atoms with Crippen LogP contribution in [0.25, 0.3) is 10.9 Å². The largest absolute Gasteiger partial charge is 0.508 e. The van der Waals surface area contributed by atoms with Crippen LogP contribution in [-0.2, 0) is 4.74 Å². The molecule has 4 bridgehead atoms. The predicted molar refractivity (Wildman–Crippen MR) is 88.3 cm³/mol. The smallest absolute Gasteiger partial charge is 0.116 e. The van der Waals surface area contributed by atoms with Crippen molar-refractivity contribution in [3.63, 3.8) is 0 Å². The van der Waals surface area contributed by atoms with Gasteiger partial charge in [-0.25, -0.2) is 0 Å². The highest BCUT2D eigenvalue weighted by atomic mass is 16.5. The molecule has 4 unspecified atom stereocenters. The zero-order valence-electron chi connectivity index (χ0n) is 13.4. The number of aromatic nitrogens is 1. The van der Waals surface area contributed by atoms with Crippen molar-refractivity contribution < 1.29 is 9.84 Å². The number of morpholine rings is 1. The minimum absolute atomic E-state index is 0.0179. The second kappa shape index (κ2) is 4.68. The number of nitrogens with zero attached hydrogens (tertiary/aromatic N) is 2. The summed E-state index contributed by atoms with van der Waals surface area (Å²) < 4.78 is 6.74. The summed E-state index contributed by atoms with van der Waals surface area (Å²) in [6.45, 7) is 4.55. The van der Waals surface area contributed by atoms with Crippen LogP contribution < -0.4 is 0 Å². The summed E-state index contributed by atoms with van der Waals surface area (Å²) in [4.78, 5) is 7.08. The Morgan fingerprint density at radius 3 is 3.09 bits per heavy atom. The van der Waals surface area contributed by atoms with E-state index in [9.17, 15) is 5.11 Å². The maximum atomic E-state index is 9.91. The van der Waals surface area contributed by atoms with Crippen molar-refractivity contribution in [1.29, 1.82) is 0 Å². The van der Waals surface area contributed by atoms with Crippen molar-refractivity contribution >= 4 is 10.9 Å². The summed E-state index contributed by atoms with van der Waals surface area (Å²) in [5.41, 5.74) is 2.12. The Hall–Kier alpha value is -1.65. The Morgan fingerprint density at radius 2 is 2.30 bits per heavy atom. The maximum Gasteiger partial charge on any atom is 0.116 e. The minimum Gasteiger partial charge on any atom is -0.508 e. The molecular formula is C19H22N2O2. The van der Waals surface area contributed by atoms with Crippen molar-refractivity contribution in [3.05, 3.63) is 36.0 Å². The number of benzene rings is 1. The molecule has 2 aromatic rings. The third kappa shape index (κ3) is 1.82. The Kier molecular flexibility index (Phi) is 2.80. The van der Waals surface area contributed by atoms with Crippen LogP contribution in [-0.4, -0.2) is 39.7 Å². The summed E-state index contributed by atoms with van der Waals surface area (Å²) in [6, 6.07) is 7.96. The van der Waals surface area contributed by atoms with Crippen LogP contribution in [0.3, 0.4) is 0 Å². The summed E-state index contributed by atoms with van der Waals surface area (Å²) >= 11 is 0. The number of pyridine rings is 1. The molecule has 6 heterocycles. The van der Waals surface area contributed by atoms with Gasteiger partial charge in [0.1, 0.15) is 5.75 Å². The quantitative estimate of drug-likeness (QED) is 0.925. The van der Waals surface area contributed by atoms with Gasteiger partial charge in [-0.15, -0.1) is 0 Å². The summed E-state index contributed by atoms with van der Waals surface area (Å²) in [7, 11) is 0. The van der Waals surface area contributed by atoms with Crippen LogP contribution in [0.5, 0.6) is 5.75 Å². The Labute approximate surface area is 136 Å². The molecular weight excluding hydrogens is 288 g/mol.